The van der Waals surface area contributed by atoms with Crippen LogP contribution in [0.5, 0.6) is 0 Å². The lowest BCUT2D eigenvalue weighted by molar-refractivity contribution is 0.0950. The maximum absolute atomic E-state index is 11.5. The van der Waals surface area contributed by atoms with Crippen LogP contribution in [-0.2, 0) is 6.42 Å². The minimum atomic E-state index is -0.210. The zero-order chi connectivity index (χ0) is 13.0. The Morgan fingerprint density at radius 1 is 1.33 bits per heavy atom. The third-order valence-electron chi connectivity index (χ3n) is 2.50. The van der Waals surface area contributed by atoms with E-state index >= 15 is 0 Å². The molecule has 0 saturated carbocycles. The van der Waals surface area contributed by atoms with Crippen LogP contribution in [0.3, 0.4) is 0 Å². The van der Waals surface area contributed by atoms with Crippen molar-refractivity contribution in [3.8, 4) is 5.82 Å². The highest BCUT2D eigenvalue weighted by atomic mass is 16.1. The molecule has 0 aliphatic heterocycles. The van der Waals surface area contributed by atoms with E-state index < -0.39 is 0 Å². The van der Waals surface area contributed by atoms with Crippen molar-refractivity contribution < 1.29 is 4.79 Å². The summed E-state index contributed by atoms with van der Waals surface area (Å²) in [5.74, 6) is 1.37. The molecule has 94 valence electrons. The molecule has 1 amide bonds. The first-order valence-corrected chi connectivity index (χ1v) is 5.90. The molecule has 0 atom stereocenters. The minimum Gasteiger partial charge on any atom is -0.351 e. The summed E-state index contributed by atoms with van der Waals surface area (Å²) >= 11 is 0. The molecule has 0 spiro atoms. The van der Waals surface area contributed by atoms with Gasteiger partial charge in [0.1, 0.15) is 5.82 Å². The number of carbonyl (C=O) groups is 1. The fraction of sp³-hybridized carbons (Fsp3) is 0.333. The van der Waals surface area contributed by atoms with Crippen molar-refractivity contribution in [3.05, 3.63) is 36.0 Å². The average Bonchev–Trinajstić information content (AvgIpc) is 2.87. The van der Waals surface area contributed by atoms with Gasteiger partial charge >= 0.3 is 0 Å². The second kappa shape index (κ2) is 5.39. The van der Waals surface area contributed by atoms with Crippen LogP contribution < -0.4 is 5.32 Å². The number of carbonyl (C=O) groups excluding carboxylic acids is 1. The van der Waals surface area contributed by atoms with Gasteiger partial charge in [-0.2, -0.15) is 0 Å². The van der Waals surface area contributed by atoms with Gasteiger partial charge in [-0.25, -0.2) is 4.98 Å². The molecule has 0 saturated heterocycles. The zero-order valence-corrected chi connectivity index (χ0v) is 10.4. The van der Waals surface area contributed by atoms with E-state index in [4.69, 9.17) is 0 Å². The smallest absolute Gasteiger partial charge is 0.271 e. The largest absolute Gasteiger partial charge is 0.351 e. The molecular formula is C12H15N5O. The van der Waals surface area contributed by atoms with Crippen LogP contribution in [-0.4, -0.2) is 32.2 Å². The van der Waals surface area contributed by atoms with E-state index in [0.717, 1.165) is 12.2 Å². The molecule has 1 N–H and O–H groups in total. The number of hydrogen-bond acceptors (Lipinski definition) is 4. The number of imidazole rings is 1. The van der Waals surface area contributed by atoms with Crippen molar-refractivity contribution in [2.24, 2.45) is 0 Å². The number of rotatable bonds is 4. The summed E-state index contributed by atoms with van der Waals surface area (Å²) in [5, 5.41) is 10.6. The maximum Gasteiger partial charge on any atom is 0.271 e. The van der Waals surface area contributed by atoms with E-state index in [1.54, 1.807) is 18.3 Å². The normalized spacial score (nSPS) is 10.3. The van der Waals surface area contributed by atoms with Crippen LogP contribution in [0.4, 0.5) is 0 Å². The van der Waals surface area contributed by atoms with Gasteiger partial charge in [-0.15, -0.1) is 10.2 Å². The number of nitrogens with one attached hydrogen (secondary N) is 1. The molecule has 2 aromatic rings. The maximum atomic E-state index is 11.5. The van der Waals surface area contributed by atoms with E-state index in [2.05, 4.69) is 20.5 Å². The first kappa shape index (κ1) is 12.2. The van der Waals surface area contributed by atoms with Crippen LogP contribution >= 0.6 is 0 Å². The number of aromatic nitrogens is 4. The van der Waals surface area contributed by atoms with Crippen LogP contribution in [0.15, 0.2) is 24.5 Å². The average molecular weight is 245 g/mol. The van der Waals surface area contributed by atoms with Gasteiger partial charge < -0.3 is 5.32 Å². The van der Waals surface area contributed by atoms with Gasteiger partial charge in [0, 0.05) is 25.4 Å². The Balaban J connectivity index is 2.25. The third kappa shape index (κ3) is 2.37. The van der Waals surface area contributed by atoms with Gasteiger partial charge in [-0.05, 0) is 19.1 Å². The predicted molar refractivity (Wildman–Crippen MR) is 66.5 cm³/mol. The Hall–Kier alpha value is -2.24. The third-order valence-corrected chi connectivity index (χ3v) is 2.50. The first-order valence-electron chi connectivity index (χ1n) is 5.90. The van der Waals surface area contributed by atoms with Gasteiger partial charge in [-0.3, -0.25) is 9.36 Å². The number of hydrogen-bond donors (Lipinski definition) is 1. The summed E-state index contributed by atoms with van der Waals surface area (Å²) in [7, 11) is 0. The Kier molecular flexibility index (Phi) is 3.66. The summed E-state index contributed by atoms with van der Waals surface area (Å²) in [6.45, 7) is 4.46. The van der Waals surface area contributed by atoms with Crippen molar-refractivity contribution in [3.63, 3.8) is 0 Å². The minimum absolute atomic E-state index is 0.210. The van der Waals surface area contributed by atoms with E-state index in [-0.39, 0.29) is 5.91 Å². The molecule has 2 heterocycles. The Labute approximate surface area is 105 Å². The molecule has 6 heteroatoms. The lowest BCUT2D eigenvalue weighted by Gasteiger charge is -2.05. The Morgan fingerprint density at radius 3 is 2.78 bits per heavy atom. The molecule has 0 aliphatic rings. The molecule has 6 nitrogen and oxygen atoms in total. The lowest BCUT2D eigenvalue weighted by Crippen LogP contribution is -2.24. The Morgan fingerprint density at radius 2 is 2.17 bits per heavy atom. The van der Waals surface area contributed by atoms with Gasteiger partial charge in [0.15, 0.2) is 11.5 Å². The molecule has 0 aromatic carbocycles. The van der Waals surface area contributed by atoms with E-state index in [1.165, 1.54) is 0 Å². The van der Waals surface area contributed by atoms with E-state index in [1.807, 2.05) is 24.6 Å². The summed E-state index contributed by atoms with van der Waals surface area (Å²) in [6, 6.07) is 3.42. The quantitative estimate of drug-likeness (QED) is 0.871. The number of amides is 1. The molecule has 0 radical (unpaired) electrons. The molecule has 0 unspecified atom stereocenters. The number of aryl methyl sites for hydroxylation is 1. The zero-order valence-electron chi connectivity index (χ0n) is 10.4. The Bertz CT molecular complexity index is 532. The lowest BCUT2D eigenvalue weighted by atomic mass is 10.3. The van der Waals surface area contributed by atoms with Crippen molar-refractivity contribution in [2.45, 2.75) is 20.3 Å². The summed E-state index contributed by atoms with van der Waals surface area (Å²) in [6.07, 6.45) is 4.36. The van der Waals surface area contributed by atoms with Crippen LogP contribution in [0.1, 0.15) is 30.2 Å². The highest BCUT2D eigenvalue weighted by Gasteiger charge is 2.08. The van der Waals surface area contributed by atoms with Crippen molar-refractivity contribution in [2.75, 3.05) is 6.54 Å². The molecular weight excluding hydrogens is 230 g/mol. The summed E-state index contributed by atoms with van der Waals surface area (Å²) in [4.78, 5) is 15.7. The van der Waals surface area contributed by atoms with Crippen LogP contribution in [0, 0.1) is 0 Å². The number of nitrogens with zero attached hydrogens (tertiary/aromatic N) is 4. The fourth-order valence-electron chi connectivity index (χ4n) is 1.63. The van der Waals surface area contributed by atoms with E-state index in [0.29, 0.717) is 18.1 Å². The van der Waals surface area contributed by atoms with Crippen LogP contribution in [0.25, 0.3) is 5.82 Å². The second-order valence-electron chi connectivity index (χ2n) is 3.70. The summed E-state index contributed by atoms with van der Waals surface area (Å²) in [5.41, 5.74) is 0.318. The standard InChI is InChI=1S/C12H15N5O/c1-3-10-14-7-8-17(10)11-6-5-9(15-16-11)12(18)13-4-2/h5-8H,3-4H2,1-2H3,(H,13,18). The topological polar surface area (TPSA) is 72.7 Å². The summed E-state index contributed by atoms with van der Waals surface area (Å²) < 4.78 is 1.86. The highest BCUT2D eigenvalue weighted by molar-refractivity contribution is 5.92. The molecule has 2 rings (SSSR count). The molecule has 0 fully saturated rings. The van der Waals surface area contributed by atoms with E-state index in [9.17, 15) is 4.79 Å². The first-order chi connectivity index (χ1) is 8.76. The monoisotopic (exact) mass is 245 g/mol. The molecule has 0 bridgehead atoms. The van der Waals surface area contributed by atoms with Gasteiger partial charge in [-0.1, -0.05) is 6.92 Å². The second-order valence-corrected chi connectivity index (χ2v) is 3.70. The van der Waals surface area contributed by atoms with Gasteiger partial charge in [0.05, 0.1) is 0 Å². The fourth-order valence-corrected chi connectivity index (χ4v) is 1.63. The SMILES string of the molecule is CCNC(=O)c1ccc(-n2ccnc2CC)nn1. The van der Waals surface area contributed by atoms with Gasteiger partial charge in [0.2, 0.25) is 0 Å². The van der Waals surface area contributed by atoms with Crippen LogP contribution in [0.2, 0.25) is 0 Å². The van der Waals surface area contributed by atoms with Crippen molar-refractivity contribution in [1.29, 1.82) is 0 Å². The molecule has 18 heavy (non-hydrogen) atoms. The predicted octanol–water partition coefficient (Wildman–Crippen LogP) is 0.974. The molecule has 2 aromatic heterocycles. The highest BCUT2D eigenvalue weighted by Crippen LogP contribution is 2.07. The van der Waals surface area contributed by atoms with Gasteiger partial charge in [0.25, 0.3) is 5.91 Å². The van der Waals surface area contributed by atoms with Crippen molar-refractivity contribution >= 4 is 5.91 Å². The molecule has 0 aliphatic carbocycles. The van der Waals surface area contributed by atoms with Crippen molar-refractivity contribution in [1.82, 2.24) is 25.1 Å².